The molecule has 0 N–H and O–H groups in total. The van der Waals surface area contributed by atoms with Gasteiger partial charge in [-0.25, -0.2) is 0 Å². The summed E-state index contributed by atoms with van der Waals surface area (Å²) in [5, 5.41) is 0. The Bertz CT molecular complexity index is 462. The SMILES string of the molecule is Cc1ccccc1SCc1ccc(I)cc1. The molecule has 0 aliphatic rings. The van der Waals surface area contributed by atoms with Crippen LogP contribution in [0.25, 0.3) is 0 Å². The highest BCUT2D eigenvalue weighted by Gasteiger charge is 1.98. The zero-order chi connectivity index (χ0) is 11.4. The first-order valence-corrected chi connectivity index (χ1v) is 7.25. The van der Waals surface area contributed by atoms with Crippen LogP contribution in [0.15, 0.2) is 53.4 Å². The lowest BCUT2D eigenvalue weighted by molar-refractivity contribution is 1.29. The minimum atomic E-state index is 1.04. The normalized spacial score (nSPS) is 10.4. The van der Waals surface area contributed by atoms with Gasteiger partial charge in [0.2, 0.25) is 0 Å². The number of aryl methyl sites for hydroxylation is 1. The summed E-state index contributed by atoms with van der Waals surface area (Å²) < 4.78 is 1.29. The molecule has 16 heavy (non-hydrogen) atoms. The number of halogens is 1. The van der Waals surface area contributed by atoms with Gasteiger partial charge in [0.05, 0.1) is 0 Å². The van der Waals surface area contributed by atoms with Crippen LogP contribution in [0.3, 0.4) is 0 Å². The van der Waals surface area contributed by atoms with E-state index in [9.17, 15) is 0 Å². The molecule has 2 aromatic carbocycles. The van der Waals surface area contributed by atoms with Gasteiger partial charge in [0.1, 0.15) is 0 Å². The van der Waals surface area contributed by atoms with E-state index in [0.29, 0.717) is 0 Å². The standard InChI is InChI=1S/C14H13IS/c1-11-4-2-3-5-14(11)16-10-12-6-8-13(15)9-7-12/h2-9H,10H2,1H3. The third-order valence-electron chi connectivity index (χ3n) is 2.40. The summed E-state index contributed by atoms with van der Waals surface area (Å²) in [6, 6.07) is 17.3. The Morgan fingerprint density at radius 3 is 2.38 bits per heavy atom. The van der Waals surface area contributed by atoms with Gasteiger partial charge in [-0.3, -0.25) is 0 Å². The maximum atomic E-state index is 2.33. The molecule has 2 rings (SSSR count). The molecule has 2 heteroatoms. The molecular weight excluding hydrogens is 327 g/mol. The zero-order valence-electron chi connectivity index (χ0n) is 9.11. The molecule has 0 heterocycles. The van der Waals surface area contributed by atoms with Crippen LogP contribution in [-0.2, 0) is 5.75 Å². The van der Waals surface area contributed by atoms with Gasteiger partial charge in [-0.2, -0.15) is 0 Å². The molecule has 82 valence electrons. The topological polar surface area (TPSA) is 0 Å². The highest BCUT2D eigenvalue weighted by molar-refractivity contribution is 14.1. The van der Waals surface area contributed by atoms with Crippen LogP contribution >= 0.6 is 34.4 Å². The molecule has 0 bridgehead atoms. The number of hydrogen-bond donors (Lipinski definition) is 0. The van der Waals surface area contributed by atoms with Crippen molar-refractivity contribution in [3.63, 3.8) is 0 Å². The lowest BCUT2D eigenvalue weighted by atomic mass is 10.2. The van der Waals surface area contributed by atoms with Crippen LogP contribution in [0.5, 0.6) is 0 Å². The van der Waals surface area contributed by atoms with Gasteiger partial charge in [0.25, 0.3) is 0 Å². The second-order valence-corrected chi connectivity index (χ2v) is 5.94. The van der Waals surface area contributed by atoms with Crippen molar-refractivity contribution in [2.24, 2.45) is 0 Å². The summed E-state index contributed by atoms with van der Waals surface area (Å²) in [6.07, 6.45) is 0. The summed E-state index contributed by atoms with van der Waals surface area (Å²) in [7, 11) is 0. The van der Waals surface area contributed by atoms with E-state index in [2.05, 4.69) is 78.0 Å². The first-order chi connectivity index (χ1) is 7.75. The van der Waals surface area contributed by atoms with Crippen molar-refractivity contribution in [2.45, 2.75) is 17.6 Å². The lowest BCUT2D eigenvalue weighted by Gasteiger charge is -2.05. The van der Waals surface area contributed by atoms with E-state index in [-0.39, 0.29) is 0 Å². The Morgan fingerprint density at radius 1 is 1.00 bits per heavy atom. The summed E-state index contributed by atoms with van der Waals surface area (Å²) in [5.74, 6) is 1.04. The van der Waals surface area contributed by atoms with Gasteiger partial charge in [-0.1, -0.05) is 30.3 Å². The maximum Gasteiger partial charge on any atom is 0.0232 e. The predicted octanol–water partition coefficient (Wildman–Crippen LogP) is 4.89. The van der Waals surface area contributed by atoms with Gasteiger partial charge in [0.15, 0.2) is 0 Å². The fourth-order valence-electron chi connectivity index (χ4n) is 1.46. The molecule has 0 saturated carbocycles. The van der Waals surface area contributed by atoms with Crippen LogP contribution in [0, 0.1) is 10.5 Å². The van der Waals surface area contributed by atoms with Gasteiger partial charge < -0.3 is 0 Å². The van der Waals surface area contributed by atoms with E-state index < -0.39 is 0 Å². The van der Waals surface area contributed by atoms with Crippen LogP contribution in [-0.4, -0.2) is 0 Å². The van der Waals surface area contributed by atoms with E-state index in [1.54, 1.807) is 0 Å². The van der Waals surface area contributed by atoms with Crippen LogP contribution < -0.4 is 0 Å². The Hall–Kier alpha value is -0.480. The molecule has 0 atom stereocenters. The first kappa shape index (κ1) is 12.0. The summed E-state index contributed by atoms with van der Waals surface area (Å²) in [5.41, 5.74) is 2.74. The molecular formula is C14H13IS. The molecule has 0 spiro atoms. The average Bonchev–Trinajstić information content (AvgIpc) is 2.30. The van der Waals surface area contributed by atoms with E-state index in [0.717, 1.165) is 5.75 Å². The monoisotopic (exact) mass is 340 g/mol. The Kier molecular flexibility index (Phi) is 4.29. The predicted molar refractivity (Wildman–Crippen MR) is 79.9 cm³/mol. The average molecular weight is 340 g/mol. The third-order valence-corrected chi connectivity index (χ3v) is 4.37. The summed E-state index contributed by atoms with van der Waals surface area (Å²) in [6.45, 7) is 2.16. The highest BCUT2D eigenvalue weighted by atomic mass is 127. The molecule has 0 amide bonds. The van der Waals surface area contributed by atoms with Crippen molar-refractivity contribution in [1.29, 1.82) is 0 Å². The zero-order valence-corrected chi connectivity index (χ0v) is 12.1. The van der Waals surface area contributed by atoms with Crippen molar-refractivity contribution in [2.75, 3.05) is 0 Å². The van der Waals surface area contributed by atoms with Gasteiger partial charge in [-0.15, -0.1) is 11.8 Å². The third kappa shape index (κ3) is 3.25. The number of hydrogen-bond acceptors (Lipinski definition) is 1. The van der Waals surface area contributed by atoms with Crippen molar-refractivity contribution in [3.8, 4) is 0 Å². The Labute approximate surface area is 115 Å². The van der Waals surface area contributed by atoms with Gasteiger partial charge in [-0.05, 0) is 58.8 Å². The molecule has 0 fully saturated rings. The van der Waals surface area contributed by atoms with Crippen LogP contribution in [0.2, 0.25) is 0 Å². The van der Waals surface area contributed by atoms with Gasteiger partial charge in [0, 0.05) is 14.2 Å². The van der Waals surface area contributed by atoms with Crippen LogP contribution in [0.4, 0.5) is 0 Å². The number of rotatable bonds is 3. The van der Waals surface area contributed by atoms with E-state index >= 15 is 0 Å². The molecule has 0 radical (unpaired) electrons. The highest BCUT2D eigenvalue weighted by Crippen LogP contribution is 2.25. The van der Waals surface area contributed by atoms with Crippen molar-refractivity contribution >= 4 is 34.4 Å². The molecule has 2 aromatic rings. The molecule has 0 nitrogen and oxygen atoms in total. The van der Waals surface area contributed by atoms with Crippen molar-refractivity contribution < 1.29 is 0 Å². The summed E-state index contributed by atoms with van der Waals surface area (Å²) >= 11 is 4.24. The second kappa shape index (κ2) is 5.73. The minimum absolute atomic E-state index is 1.04. The summed E-state index contributed by atoms with van der Waals surface area (Å²) in [4.78, 5) is 1.38. The van der Waals surface area contributed by atoms with E-state index in [1.165, 1.54) is 19.6 Å². The van der Waals surface area contributed by atoms with Crippen molar-refractivity contribution in [1.82, 2.24) is 0 Å². The molecule has 0 aromatic heterocycles. The second-order valence-electron chi connectivity index (χ2n) is 3.68. The maximum absolute atomic E-state index is 2.33. The van der Waals surface area contributed by atoms with Gasteiger partial charge >= 0.3 is 0 Å². The van der Waals surface area contributed by atoms with Crippen LogP contribution in [0.1, 0.15) is 11.1 Å². The first-order valence-electron chi connectivity index (χ1n) is 5.18. The molecule has 0 aliphatic carbocycles. The quantitative estimate of drug-likeness (QED) is 0.566. The molecule has 0 unspecified atom stereocenters. The Balaban J connectivity index is 2.02. The van der Waals surface area contributed by atoms with E-state index in [4.69, 9.17) is 0 Å². The molecule has 0 saturated heterocycles. The fraction of sp³-hybridized carbons (Fsp3) is 0.143. The van der Waals surface area contributed by atoms with E-state index in [1.807, 2.05) is 11.8 Å². The minimum Gasteiger partial charge on any atom is -0.121 e. The smallest absolute Gasteiger partial charge is 0.0232 e. The fourth-order valence-corrected chi connectivity index (χ4v) is 2.80. The Morgan fingerprint density at radius 2 is 1.69 bits per heavy atom. The lowest BCUT2D eigenvalue weighted by Crippen LogP contribution is -1.83. The number of thioether (sulfide) groups is 1. The number of benzene rings is 2. The largest absolute Gasteiger partial charge is 0.121 e. The molecule has 0 aliphatic heterocycles. The van der Waals surface area contributed by atoms with Crippen molar-refractivity contribution in [3.05, 3.63) is 63.2 Å².